The predicted octanol–water partition coefficient (Wildman–Crippen LogP) is 8.87. The molecule has 5 aromatic rings. The summed E-state index contributed by atoms with van der Waals surface area (Å²) in [5.41, 5.74) is 5.17. The smallest absolute Gasteiger partial charge is 0.261 e. The molecule has 1 N–H and O–H groups in total. The van der Waals surface area contributed by atoms with E-state index in [0.717, 1.165) is 32.7 Å². The van der Waals surface area contributed by atoms with Crippen LogP contribution >= 0.6 is 11.3 Å². The molecule has 2 fully saturated rings. The molecule has 2 amide bonds. The largest absolute Gasteiger partial charge is 0.507 e. The fraction of sp³-hybridized carbons (Fsp3) is 0.292. The van der Waals surface area contributed by atoms with Gasteiger partial charge in [-0.1, -0.05) is 136 Å². The normalized spacial score (nSPS) is 21.4. The number of thiophene rings is 1. The van der Waals surface area contributed by atoms with E-state index in [1.807, 2.05) is 53.9 Å². The van der Waals surface area contributed by atoms with Gasteiger partial charge in [-0.3, -0.25) is 14.5 Å². The van der Waals surface area contributed by atoms with Gasteiger partial charge in [0, 0.05) is 16.4 Å². The van der Waals surface area contributed by atoms with Crippen LogP contribution in [0.25, 0.3) is 11.6 Å². The minimum Gasteiger partial charge on any atom is -0.507 e. The summed E-state index contributed by atoms with van der Waals surface area (Å²) in [6, 6.07) is 42.9. The molecule has 2 saturated heterocycles. The molecule has 0 unspecified atom stereocenters. The Morgan fingerprint density at radius 3 is 2.11 bits per heavy atom. The van der Waals surface area contributed by atoms with Gasteiger partial charge in [-0.15, -0.1) is 11.3 Å². The quantitative estimate of drug-likeness (QED) is 0.0593. The Bertz CT molecular complexity index is 2190. The summed E-state index contributed by atoms with van der Waals surface area (Å²) in [5.74, 6) is -1.05. The molecule has 56 heavy (non-hydrogen) atoms. The fourth-order valence-corrected chi connectivity index (χ4v) is 14.6. The summed E-state index contributed by atoms with van der Waals surface area (Å²) in [7, 11) is -2.92. The summed E-state index contributed by atoms with van der Waals surface area (Å²) < 4.78 is 14.3. The first kappa shape index (κ1) is 38.0. The second-order valence-corrected chi connectivity index (χ2v) is 21.6. The molecule has 0 saturated carbocycles. The zero-order valence-electron chi connectivity index (χ0n) is 32.3. The number of rotatable bonds is 12. The molecule has 286 valence electrons. The van der Waals surface area contributed by atoms with Crippen molar-refractivity contribution in [1.29, 1.82) is 0 Å². The molecule has 4 aromatic carbocycles. The number of nitrogens with zero attached hydrogens (tertiary/aromatic N) is 1. The standard InChI is InChI=1S/C48H49NO5SSi/c1-48(2,3)56(38-20-9-5-10-21-38,39-22-11-6-12-23-39)54-31-36-29-40-45(47(52)49(46(40)51)30-37-19-15-27-55-37)41-32-53-43(44(36)41)26-25-34(33-16-7-4-8-17-33)28-35-18-13-14-24-42(35)50/h4-24,27-28,40-41,43,45,50H,25-26,29-32H2,1-3H3/b34-28-/t40-,41+,43-,45-/m1/s1. The summed E-state index contributed by atoms with van der Waals surface area (Å²) >= 11 is 1.57. The van der Waals surface area contributed by atoms with Crippen LogP contribution in [-0.2, 0) is 25.3 Å². The third kappa shape index (κ3) is 7.16. The number of imide groups is 1. The van der Waals surface area contributed by atoms with Crippen LogP contribution in [0.2, 0.25) is 5.04 Å². The number of amides is 2. The van der Waals surface area contributed by atoms with Crippen LogP contribution in [0, 0.1) is 17.8 Å². The minimum absolute atomic E-state index is 0.0865. The number of phenols is 1. The van der Waals surface area contributed by atoms with Gasteiger partial charge in [-0.2, -0.15) is 0 Å². The van der Waals surface area contributed by atoms with E-state index in [2.05, 4.69) is 99.6 Å². The van der Waals surface area contributed by atoms with Crippen LogP contribution in [0.3, 0.4) is 0 Å². The van der Waals surface area contributed by atoms with Gasteiger partial charge in [-0.25, -0.2) is 0 Å². The average molecular weight is 780 g/mol. The molecular formula is C48H49NO5SSi. The minimum atomic E-state index is -2.92. The van der Waals surface area contributed by atoms with Crippen molar-refractivity contribution >= 4 is 53.5 Å². The van der Waals surface area contributed by atoms with Crippen LogP contribution in [0.5, 0.6) is 5.75 Å². The number of likely N-dealkylation sites (tertiary alicyclic amines) is 1. The lowest BCUT2D eigenvalue weighted by Crippen LogP contribution is -2.66. The van der Waals surface area contributed by atoms with Crippen LogP contribution < -0.4 is 10.4 Å². The van der Waals surface area contributed by atoms with Crippen molar-refractivity contribution in [2.45, 2.75) is 57.7 Å². The van der Waals surface area contributed by atoms with E-state index in [-0.39, 0.29) is 34.6 Å². The topological polar surface area (TPSA) is 76.1 Å². The average Bonchev–Trinajstić information content (AvgIpc) is 3.94. The van der Waals surface area contributed by atoms with E-state index in [0.29, 0.717) is 39.0 Å². The van der Waals surface area contributed by atoms with E-state index in [9.17, 15) is 14.7 Å². The van der Waals surface area contributed by atoms with Crippen molar-refractivity contribution in [3.8, 4) is 5.75 Å². The highest BCUT2D eigenvalue weighted by molar-refractivity contribution is 7.09. The third-order valence-electron chi connectivity index (χ3n) is 12.0. The number of allylic oxidation sites excluding steroid dienone is 1. The summed E-state index contributed by atoms with van der Waals surface area (Å²) in [6.07, 6.45) is 3.66. The number of benzene rings is 4. The van der Waals surface area contributed by atoms with E-state index in [1.54, 1.807) is 17.4 Å². The number of hydrogen-bond donors (Lipinski definition) is 1. The Morgan fingerprint density at radius 2 is 1.48 bits per heavy atom. The van der Waals surface area contributed by atoms with Gasteiger partial charge in [0.05, 0.1) is 37.7 Å². The van der Waals surface area contributed by atoms with Crippen LogP contribution in [0.4, 0.5) is 0 Å². The zero-order chi connectivity index (χ0) is 38.9. The SMILES string of the molecule is CC(C)(C)[Si](OCC1=C2[C@@H](CC/C(=C/c3ccccc3O)c3ccccc3)OC[C@@H]2[C@@H]2C(=O)N(Cc3cccs3)C(=O)[C@@H]2C1)(c1ccccc1)c1ccccc1. The van der Waals surface area contributed by atoms with E-state index < -0.39 is 20.2 Å². The van der Waals surface area contributed by atoms with Gasteiger partial charge >= 0.3 is 0 Å². The van der Waals surface area contributed by atoms with Gasteiger partial charge in [-0.05, 0) is 80.5 Å². The first-order chi connectivity index (χ1) is 27.2. The Balaban J connectivity index is 1.18. The van der Waals surface area contributed by atoms with Crippen LogP contribution in [0.1, 0.15) is 56.0 Å². The van der Waals surface area contributed by atoms with Crippen molar-refractivity contribution in [1.82, 2.24) is 4.90 Å². The number of ether oxygens (including phenoxy) is 1. The zero-order valence-corrected chi connectivity index (χ0v) is 34.1. The number of carbonyl (C=O) groups excluding carboxylic acids is 2. The highest BCUT2D eigenvalue weighted by Crippen LogP contribution is 2.51. The number of hydrogen-bond acceptors (Lipinski definition) is 6. The molecule has 6 nitrogen and oxygen atoms in total. The molecule has 8 heteroatoms. The van der Waals surface area contributed by atoms with Gasteiger partial charge in [0.2, 0.25) is 11.8 Å². The Labute approximate surface area is 335 Å². The number of para-hydroxylation sites is 1. The van der Waals surface area contributed by atoms with Crippen LogP contribution in [-0.4, -0.2) is 49.5 Å². The third-order valence-corrected chi connectivity index (χ3v) is 17.8. The molecule has 8 rings (SSSR count). The van der Waals surface area contributed by atoms with Gasteiger partial charge < -0.3 is 14.3 Å². The molecule has 4 atom stereocenters. The first-order valence-corrected chi connectivity index (χ1v) is 22.4. The maximum Gasteiger partial charge on any atom is 0.261 e. The van der Waals surface area contributed by atoms with Gasteiger partial charge in [0.15, 0.2) is 0 Å². The molecular weight excluding hydrogens is 731 g/mol. The second-order valence-electron chi connectivity index (χ2n) is 16.3. The van der Waals surface area contributed by atoms with Gasteiger partial charge in [0.1, 0.15) is 5.75 Å². The Hall–Kier alpha value is -4.86. The van der Waals surface area contributed by atoms with Crippen molar-refractivity contribution in [2.75, 3.05) is 13.2 Å². The summed E-state index contributed by atoms with van der Waals surface area (Å²) in [4.78, 5) is 31.1. The molecule has 0 radical (unpaired) electrons. The highest BCUT2D eigenvalue weighted by atomic mass is 32.1. The van der Waals surface area contributed by atoms with Crippen molar-refractivity contribution in [3.05, 3.63) is 160 Å². The molecule has 0 spiro atoms. The molecule has 0 bridgehead atoms. The monoisotopic (exact) mass is 779 g/mol. The number of aromatic hydroxyl groups is 1. The molecule has 1 aromatic heterocycles. The van der Waals surface area contributed by atoms with E-state index >= 15 is 0 Å². The molecule has 3 aliphatic rings. The lowest BCUT2D eigenvalue weighted by atomic mass is 9.69. The van der Waals surface area contributed by atoms with E-state index in [4.69, 9.17) is 9.16 Å². The fourth-order valence-electron chi connectivity index (χ4n) is 9.38. The molecule has 2 aliphatic heterocycles. The molecule has 3 heterocycles. The van der Waals surface area contributed by atoms with Crippen LogP contribution in [0.15, 0.2) is 144 Å². The maximum atomic E-state index is 14.3. The summed E-state index contributed by atoms with van der Waals surface area (Å²) in [6.45, 7) is 7.89. The number of phenolic OH excluding ortho intramolecular Hbond substituents is 1. The van der Waals surface area contributed by atoms with Crippen molar-refractivity contribution in [2.24, 2.45) is 17.8 Å². The lowest BCUT2D eigenvalue weighted by Gasteiger charge is -2.44. The summed E-state index contributed by atoms with van der Waals surface area (Å²) in [5, 5.41) is 14.9. The maximum absolute atomic E-state index is 14.3. The predicted molar refractivity (Wildman–Crippen MR) is 227 cm³/mol. The highest BCUT2D eigenvalue weighted by Gasteiger charge is 2.58. The first-order valence-electron chi connectivity index (χ1n) is 19.7. The Morgan fingerprint density at radius 1 is 0.839 bits per heavy atom. The number of fused-ring (bicyclic) bond motifs is 3. The second kappa shape index (κ2) is 15.9. The van der Waals surface area contributed by atoms with Gasteiger partial charge in [0.25, 0.3) is 8.32 Å². The van der Waals surface area contributed by atoms with Crippen molar-refractivity contribution in [3.63, 3.8) is 0 Å². The Kier molecular flexibility index (Phi) is 10.8. The van der Waals surface area contributed by atoms with E-state index in [1.165, 1.54) is 15.3 Å². The number of carbonyl (C=O) groups is 2. The molecule has 1 aliphatic carbocycles. The lowest BCUT2D eigenvalue weighted by molar-refractivity contribution is -0.140. The van der Waals surface area contributed by atoms with Crippen molar-refractivity contribution < 1.29 is 23.9 Å².